The van der Waals surface area contributed by atoms with Crippen molar-refractivity contribution in [3.05, 3.63) is 35.4 Å². The third-order valence-electron chi connectivity index (χ3n) is 1.87. The molecule has 0 N–H and O–H groups in total. The number of carbonyl (C=O) groups excluding carboxylic acids is 1. The van der Waals surface area contributed by atoms with Gasteiger partial charge in [-0.1, -0.05) is 6.07 Å². The normalized spacial score (nSPS) is 9.93. The van der Waals surface area contributed by atoms with Crippen molar-refractivity contribution in [1.29, 1.82) is 0 Å². The molecule has 14 heavy (non-hydrogen) atoms. The van der Waals surface area contributed by atoms with E-state index < -0.39 is 17.6 Å². The van der Waals surface area contributed by atoms with Crippen molar-refractivity contribution in [2.75, 3.05) is 7.11 Å². The van der Waals surface area contributed by atoms with Crippen LogP contribution >= 0.6 is 0 Å². The average Bonchev–Trinajstić information content (AvgIpc) is 2.16. The molecule has 0 aliphatic heterocycles. The van der Waals surface area contributed by atoms with Gasteiger partial charge in [0.15, 0.2) is 0 Å². The summed E-state index contributed by atoms with van der Waals surface area (Å²) in [7, 11) is 1.24. The largest absolute Gasteiger partial charge is 0.469 e. The summed E-state index contributed by atoms with van der Waals surface area (Å²) in [6, 6.07) is 3.61. The van der Waals surface area contributed by atoms with Crippen LogP contribution in [0.1, 0.15) is 12.0 Å². The van der Waals surface area contributed by atoms with Crippen molar-refractivity contribution >= 4 is 5.97 Å². The van der Waals surface area contributed by atoms with Crippen molar-refractivity contribution in [3.63, 3.8) is 0 Å². The Labute approximate surface area is 80.5 Å². The van der Waals surface area contributed by atoms with Crippen LogP contribution in [0.4, 0.5) is 8.78 Å². The maximum Gasteiger partial charge on any atom is 0.305 e. The van der Waals surface area contributed by atoms with Crippen LogP contribution in [-0.2, 0) is 16.0 Å². The minimum Gasteiger partial charge on any atom is -0.469 e. The van der Waals surface area contributed by atoms with E-state index in [2.05, 4.69) is 4.74 Å². The van der Waals surface area contributed by atoms with E-state index in [0.29, 0.717) is 0 Å². The van der Waals surface area contributed by atoms with Crippen LogP contribution in [0.25, 0.3) is 0 Å². The van der Waals surface area contributed by atoms with Crippen molar-refractivity contribution < 1.29 is 18.3 Å². The van der Waals surface area contributed by atoms with Gasteiger partial charge in [0.25, 0.3) is 0 Å². The predicted octanol–water partition coefficient (Wildman–Crippen LogP) is 2.07. The van der Waals surface area contributed by atoms with Gasteiger partial charge >= 0.3 is 5.97 Å². The molecule has 1 aromatic rings. The second-order valence-corrected chi connectivity index (χ2v) is 2.78. The van der Waals surface area contributed by atoms with Gasteiger partial charge in [-0.25, -0.2) is 8.78 Å². The lowest BCUT2D eigenvalue weighted by molar-refractivity contribution is -0.140. The summed E-state index contributed by atoms with van der Waals surface area (Å²) in [5.41, 5.74) is -0.0714. The van der Waals surface area contributed by atoms with Gasteiger partial charge in [-0.3, -0.25) is 4.79 Å². The summed E-state index contributed by atoms with van der Waals surface area (Å²) in [4.78, 5) is 10.7. The minimum atomic E-state index is -0.631. The number of rotatable bonds is 3. The van der Waals surface area contributed by atoms with Crippen LogP contribution in [0.15, 0.2) is 18.2 Å². The minimum absolute atomic E-state index is 0.0190. The SMILES string of the molecule is COC(=O)CCc1c(F)cccc1F. The zero-order chi connectivity index (χ0) is 10.6. The van der Waals surface area contributed by atoms with Crippen LogP contribution in [0.5, 0.6) is 0 Å². The zero-order valence-electron chi connectivity index (χ0n) is 7.72. The standard InChI is InChI=1S/C10H10F2O2/c1-14-10(13)6-5-7-8(11)3-2-4-9(7)12/h2-4H,5-6H2,1H3. The molecule has 0 aromatic heterocycles. The Hall–Kier alpha value is -1.45. The van der Waals surface area contributed by atoms with Gasteiger partial charge in [-0.2, -0.15) is 0 Å². The number of methoxy groups -OCH3 is 1. The molecule has 0 spiro atoms. The monoisotopic (exact) mass is 200 g/mol. The summed E-state index contributed by atoms with van der Waals surface area (Å²) in [5.74, 6) is -1.74. The Morgan fingerprint density at radius 3 is 2.43 bits per heavy atom. The number of hydrogen-bond donors (Lipinski definition) is 0. The third-order valence-corrected chi connectivity index (χ3v) is 1.87. The highest BCUT2D eigenvalue weighted by Crippen LogP contribution is 2.13. The molecule has 0 heterocycles. The molecule has 0 unspecified atom stereocenters. The van der Waals surface area contributed by atoms with Crippen LogP contribution in [0.2, 0.25) is 0 Å². The van der Waals surface area contributed by atoms with Crippen LogP contribution in [0.3, 0.4) is 0 Å². The van der Waals surface area contributed by atoms with Gasteiger partial charge in [0.2, 0.25) is 0 Å². The molecule has 0 fully saturated rings. The molecular formula is C10H10F2O2. The van der Waals surface area contributed by atoms with Crippen molar-refractivity contribution in [1.82, 2.24) is 0 Å². The quantitative estimate of drug-likeness (QED) is 0.698. The zero-order valence-corrected chi connectivity index (χ0v) is 7.72. The van der Waals surface area contributed by atoms with E-state index in [1.807, 2.05) is 0 Å². The summed E-state index contributed by atoms with van der Waals surface area (Å²) in [6.45, 7) is 0. The summed E-state index contributed by atoms with van der Waals surface area (Å²) < 4.78 is 30.4. The molecule has 76 valence electrons. The number of ether oxygens (including phenoxy) is 1. The molecule has 0 aliphatic carbocycles. The van der Waals surface area contributed by atoms with Crippen LogP contribution in [0, 0.1) is 11.6 Å². The predicted molar refractivity (Wildman–Crippen MR) is 46.7 cm³/mol. The molecule has 0 atom stereocenters. The first-order valence-electron chi connectivity index (χ1n) is 4.15. The molecule has 0 amide bonds. The molecule has 0 bridgehead atoms. The van der Waals surface area contributed by atoms with Gasteiger partial charge in [0.1, 0.15) is 11.6 Å². The number of benzene rings is 1. The second kappa shape index (κ2) is 4.69. The molecule has 0 aliphatic rings. The molecule has 1 rings (SSSR count). The molecule has 4 heteroatoms. The fraction of sp³-hybridized carbons (Fsp3) is 0.300. The van der Waals surface area contributed by atoms with Crippen LogP contribution in [-0.4, -0.2) is 13.1 Å². The van der Waals surface area contributed by atoms with Crippen molar-refractivity contribution in [2.45, 2.75) is 12.8 Å². The van der Waals surface area contributed by atoms with E-state index in [9.17, 15) is 13.6 Å². The maximum atomic E-state index is 13.0. The first kappa shape index (κ1) is 10.6. The highest BCUT2D eigenvalue weighted by Gasteiger charge is 2.10. The lowest BCUT2D eigenvalue weighted by Crippen LogP contribution is -2.04. The Morgan fingerprint density at radius 1 is 1.36 bits per heavy atom. The molecule has 1 aromatic carbocycles. The van der Waals surface area contributed by atoms with E-state index in [4.69, 9.17) is 0 Å². The fourth-order valence-corrected chi connectivity index (χ4v) is 1.10. The Morgan fingerprint density at radius 2 is 1.93 bits per heavy atom. The molecule has 0 radical (unpaired) electrons. The van der Waals surface area contributed by atoms with Gasteiger partial charge in [-0.05, 0) is 18.6 Å². The third kappa shape index (κ3) is 2.52. The summed E-state index contributed by atoms with van der Waals surface area (Å²) >= 11 is 0. The first-order valence-corrected chi connectivity index (χ1v) is 4.15. The van der Waals surface area contributed by atoms with E-state index in [1.165, 1.54) is 13.2 Å². The van der Waals surface area contributed by atoms with Gasteiger partial charge in [0, 0.05) is 12.0 Å². The molecule has 2 nitrogen and oxygen atoms in total. The average molecular weight is 200 g/mol. The van der Waals surface area contributed by atoms with Crippen molar-refractivity contribution in [3.8, 4) is 0 Å². The Kier molecular flexibility index (Phi) is 3.56. The van der Waals surface area contributed by atoms with Gasteiger partial charge in [-0.15, -0.1) is 0 Å². The van der Waals surface area contributed by atoms with E-state index >= 15 is 0 Å². The van der Waals surface area contributed by atoms with E-state index in [-0.39, 0.29) is 18.4 Å². The fourth-order valence-electron chi connectivity index (χ4n) is 1.10. The maximum absolute atomic E-state index is 13.0. The number of hydrogen-bond acceptors (Lipinski definition) is 2. The Balaban J connectivity index is 2.71. The first-order chi connectivity index (χ1) is 6.65. The number of carbonyl (C=O) groups is 1. The van der Waals surface area contributed by atoms with Gasteiger partial charge < -0.3 is 4.74 Å². The molecule has 0 saturated heterocycles. The highest BCUT2D eigenvalue weighted by atomic mass is 19.1. The number of halogens is 2. The lowest BCUT2D eigenvalue weighted by atomic mass is 10.1. The highest BCUT2D eigenvalue weighted by molar-refractivity contribution is 5.69. The summed E-state index contributed by atoms with van der Waals surface area (Å²) in [6.07, 6.45) is -0.000463. The number of esters is 1. The smallest absolute Gasteiger partial charge is 0.305 e. The van der Waals surface area contributed by atoms with Crippen LogP contribution < -0.4 is 0 Å². The van der Waals surface area contributed by atoms with E-state index in [0.717, 1.165) is 12.1 Å². The molecular weight excluding hydrogens is 190 g/mol. The topological polar surface area (TPSA) is 26.3 Å². The second-order valence-electron chi connectivity index (χ2n) is 2.78. The lowest BCUT2D eigenvalue weighted by Gasteiger charge is -2.03. The molecule has 0 saturated carbocycles. The summed E-state index contributed by atoms with van der Waals surface area (Å²) in [5, 5.41) is 0. The van der Waals surface area contributed by atoms with Crippen molar-refractivity contribution in [2.24, 2.45) is 0 Å². The van der Waals surface area contributed by atoms with Gasteiger partial charge in [0.05, 0.1) is 7.11 Å². The Bertz CT molecular complexity index is 317. The van der Waals surface area contributed by atoms with E-state index in [1.54, 1.807) is 0 Å².